The van der Waals surface area contributed by atoms with Crippen LogP contribution in [0.2, 0.25) is 0 Å². The number of carboxylic acids is 1. The molecule has 0 aliphatic carbocycles. The van der Waals surface area contributed by atoms with Crippen LogP contribution in [0, 0.1) is 0 Å². The minimum Gasteiger partial charge on any atom is -0.480 e. The van der Waals surface area contributed by atoms with Crippen molar-refractivity contribution in [3.8, 4) is 0 Å². The van der Waals surface area contributed by atoms with Gasteiger partial charge in [-0.3, -0.25) is 4.79 Å². The molecule has 3 rings (SSSR count). The van der Waals surface area contributed by atoms with Crippen LogP contribution in [0.1, 0.15) is 19.3 Å². The number of nitrogens with zero attached hydrogens (tertiary/aromatic N) is 3. The summed E-state index contributed by atoms with van der Waals surface area (Å²) in [6.07, 6.45) is 1.71. The zero-order chi connectivity index (χ0) is 15.0. The summed E-state index contributed by atoms with van der Waals surface area (Å²) in [6, 6.07) is 3.72. The average Bonchev–Trinajstić information content (AvgIpc) is 2.95. The van der Waals surface area contributed by atoms with Crippen molar-refractivity contribution in [2.75, 3.05) is 6.54 Å². The zero-order valence-electron chi connectivity index (χ0n) is 11.0. The summed E-state index contributed by atoms with van der Waals surface area (Å²) >= 11 is 0.938. The fourth-order valence-corrected chi connectivity index (χ4v) is 4.96. The van der Waals surface area contributed by atoms with Crippen molar-refractivity contribution < 1.29 is 18.3 Å². The lowest BCUT2D eigenvalue weighted by atomic mass is 10.1. The Labute approximate surface area is 125 Å². The number of sulfonamides is 1. The number of aromatic nitrogens is 2. The summed E-state index contributed by atoms with van der Waals surface area (Å²) in [6.45, 7) is 0.216. The number of rotatable bonds is 3. The van der Waals surface area contributed by atoms with Gasteiger partial charge < -0.3 is 5.11 Å². The van der Waals surface area contributed by atoms with Crippen molar-refractivity contribution in [3.05, 3.63) is 18.2 Å². The third kappa shape index (κ3) is 2.41. The van der Waals surface area contributed by atoms with Crippen LogP contribution in [0.3, 0.4) is 0 Å². The van der Waals surface area contributed by atoms with Crippen LogP contribution in [0.25, 0.3) is 11.0 Å². The minimum atomic E-state index is -3.90. The van der Waals surface area contributed by atoms with Crippen LogP contribution in [-0.4, -0.2) is 45.1 Å². The molecule has 0 radical (unpaired) electrons. The predicted octanol–water partition coefficient (Wildman–Crippen LogP) is 1.32. The second-order valence-corrected chi connectivity index (χ2v) is 7.24. The Balaban J connectivity index is 2.11. The van der Waals surface area contributed by atoms with Gasteiger partial charge in [0.1, 0.15) is 22.0 Å². The fourth-order valence-electron chi connectivity index (χ4n) is 2.56. The number of aliphatic carboxylic acids is 1. The molecule has 1 N–H and O–H groups in total. The van der Waals surface area contributed by atoms with E-state index in [4.69, 9.17) is 0 Å². The predicted molar refractivity (Wildman–Crippen MR) is 76.6 cm³/mol. The molecule has 0 unspecified atom stereocenters. The van der Waals surface area contributed by atoms with Crippen LogP contribution in [-0.2, 0) is 14.8 Å². The van der Waals surface area contributed by atoms with E-state index in [1.54, 1.807) is 12.1 Å². The third-order valence-electron chi connectivity index (χ3n) is 3.57. The standard InChI is InChI=1S/C12H13N3O4S2/c16-12(17)9-5-1-2-7-15(9)21(18,19)10-6-3-4-8-11(10)14-20-13-8/h3-4,6,9H,1-2,5,7H2,(H,16,17)/t9-/m1/s1. The Morgan fingerprint density at radius 2 is 2.14 bits per heavy atom. The Bertz CT molecular complexity index is 787. The Morgan fingerprint density at radius 1 is 1.33 bits per heavy atom. The van der Waals surface area contributed by atoms with Crippen LogP contribution in [0.15, 0.2) is 23.1 Å². The summed E-state index contributed by atoms with van der Waals surface area (Å²) < 4.78 is 34.8. The maximum Gasteiger partial charge on any atom is 0.322 e. The zero-order valence-corrected chi connectivity index (χ0v) is 12.6. The van der Waals surface area contributed by atoms with Gasteiger partial charge in [0, 0.05) is 6.54 Å². The van der Waals surface area contributed by atoms with Gasteiger partial charge >= 0.3 is 5.97 Å². The van der Waals surface area contributed by atoms with Crippen molar-refractivity contribution in [2.24, 2.45) is 0 Å². The molecule has 9 heteroatoms. The molecule has 1 aliphatic rings. The number of piperidine rings is 1. The van der Waals surface area contributed by atoms with Gasteiger partial charge in [-0.25, -0.2) is 8.42 Å². The van der Waals surface area contributed by atoms with E-state index < -0.39 is 22.0 Å². The lowest BCUT2D eigenvalue weighted by Crippen LogP contribution is -2.47. The highest BCUT2D eigenvalue weighted by Gasteiger charge is 2.38. The summed E-state index contributed by atoms with van der Waals surface area (Å²) in [7, 11) is -3.90. The first-order valence-electron chi connectivity index (χ1n) is 6.48. The summed E-state index contributed by atoms with van der Waals surface area (Å²) in [5.74, 6) is -1.11. The highest BCUT2D eigenvalue weighted by molar-refractivity contribution is 7.89. The van der Waals surface area contributed by atoms with Gasteiger partial charge in [-0.1, -0.05) is 6.07 Å². The SMILES string of the molecule is O=C(O)[C@H]1CCCCN1S(=O)(=O)c1cccc2nsnc12. The normalized spacial score (nSPS) is 20.7. The number of hydrogen-bond acceptors (Lipinski definition) is 6. The van der Waals surface area contributed by atoms with Crippen molar-refractivity contribution in [1.82, 2.24) is 13.1 Å². The molecule has 1 fully saturated rings. The Hall–Kier alpha value is -1.58. The van der Waals surface area contributed by atoms with E-state index in [0.717, 1.165) is 16.0 Å². The lowest BCUT2D eigenvalue weighted by molar-refractivity contribution is -0.142. The van der Waals surface area contributed by atoms with E-state index in [2.05, 4.69) is 8.75 Å². The number of carbonyl (C=O) groups is 1. The average molecular weight is 327 g/mol. The maximum atomic E-state index is 12.8. The number of hydrogen-bond donors (Lipinski definition) is 1. The first-order chi connectivity index (χ1) is 10.0. The second-order valence-electron chi connectivity index (χ2n) is 4.85. The third-order valence-corrected chi connectivity index (χ3v) is 6.06. The van der Waals surface area contributed by atoms with E-state index in [0.29, 0.717) is 30.3 Å². The fraction of sp³-hybridized carbons (Fsp3) is 0.417. The summed E-state index contributed by atoms with van der Waals surface area (Å²) in [4.78, 5) is 11.4. The van der Waals surface area contributed by atoms with Gasteiger partial charge in [-0.2, -0.15) is 13.1 Å². The van der Waals surface area contributed by atoms with E-state index in [-0.39, 0.29) is 11.4 Å². The van der Waals surface area contributed by atoms with Gasteiger partial charge in [0.25, 0.3) is 0 Å². The molecular formula is C12H13N3O4S2. The molecule has 112 valence electrons. The molecule has 1 aromatic heterocycles. The lowest BCUT2D eigenvalue weighted by Gasteiger charge is -2.31. The highest BCUT2D eigenvalue weighted by atomic mass is 32.2. The molecule has 1 aliphatic heterocycles. The molecule has 1 atom stereocenters. The number of benzene rings is 1. The van der Waals surface area contributed by atoms with Gasteiger partial charge in [0.05, 0.1) is 11.7 Å². The van der Waals surface area contributed by atoms with Crippen LogP contribution in [0.5, 0.6) is 0 Å². The van der Waals surface area contributed by atoms with Gasteiger partial charge in [0.2, 0.25) is 10.0 Å². The maximum absolute atomic E-state index is 12.8. The monoisotopic (exact) mass is 327 g/mol. The highest BCUT2D eigenvalue weighted by Crippen LogP contribution is 2.29. The molecule has 2 aromatic rings. The van der Waals surface area contributed by atoms with Crippen LogP contribution >= 0.6 is 11.7 Å². The Morgan fingerprint density at radius 3 is 2.90 bits per heavy atom. The second kappa shape index (κ2) is 5.32. The summed E-state index contributed by atoms with van der Waals surface area (Å²) in [5.41, 5.74) is 0.808. The molecule has 0 amide bonds. The molecular weight excluding hydrogens is 314 g/mol. The van der Waals surface area contributed by atoms with E-state index in [1.165, 1.54) is 6.07 Å². The molecule has 1 saturated heterocycles. The summed E-state index contributed by atoms with van der Waals surface area (Å²) in [5, 5.41) is 9.26. The first kappa shape index (κ1) is 14.4. The van der Waals surface area contributed by atoms with Crippen molar-refractivity contribution in [3.63, 3.8) is 0 Å². The quantitative estimate of drug-likeness (QED) is 0.912. The molecule has 0 saturated carbocycles. The first-order valence-corrected chi connectivity index (χ1v) is 8.65. The van der Waals surface area contributed by atoms with Crippen LogP contribution in [0.4, 0.5) is 0 Å². The smallest absolute Gasteiger partial charge is 0.322 e. The number of carboxylic acid groups (broad SMARTS) is 1. The molecule has 0 bridgehead atoms. The topological polar surface area (TPSA) is 100 Å². The van der Waals surface area contributed by atoms with Gasteiger partial charge in [-0.05, 0) is 31.4 Å². The molecule has 1 aromatic carbocycles. The largest absolute Gasteiger partial charge is 0.480 e. The molecule has 0 spiro atoms. The van der Waals surface area contributed by atoms with Crippen molar-refractivity contribution in [2.45, 2.75) is 30.2 Å². The van der Waals surface area contributed by atoms with E-state index in [9.17, 15) is 18.3 Å². The Kier molecular flexibility index (Phi) is 3.64. The molecule has 7 nitrogen and oxygen atoms in total. The van der Waals surface area contributed by atoms with Crippen LogP contribution < -0.4 is 0 Å². The van der Waals surface area contributed by atoms with Crippen molar-refractivity contribution in [1.29, 1.82) is 0 Å². The molecule has 21 heavy (non-hydrogen) atoms. The van der Waals surface area contributed by atoms with Crippen molar-refractivity contribution >= 4 is 38.8 Å². The van der Waals surface area contributed by atoms with E-state index >= 15 is 0 Å². The van der Waals surface area contributed by atoms with Gasteiger partial charge in [0.15, 0.2) is 0 Å². The number of fused-ring (bicyclic) bond motifs is 1. The minimum absolute atomic E-state index is 0.0295. The molecule has 2 heterocycles. The van der Waals surface area contributed by atoms with E-state index in [1.807, 2.05) is 0 Å². The van der Waals surface area contributed by atoms with Gasteiger partial charge in [-0.15, -0.1) is 0 Å².